The summed E-state index contributed by atoms with van der Waals surface area (Å²) in [5, 5.41) is 6.04. The highest BCUT2D eigenvalue weighted by atomic mass is 35.5. The van der Waals surface area contributed by atoms with Crippen LogP contribution in [0.1, 0.15) is 67.8 Å². The number of nitrogen functional groups attached to an aromatic ring is 1. The Balaban J connectivity index is 0.00000312. The summed E-state index contributed by atoms with van der Waals surface area (Å²) in [6, 6.07) is 5.29. The van der Waals surface area contributed by atoms with E-state index >= 15 is 0 Å². The molecule has 0 unspecified atom stereocenters. The van der Waals surface area contributed by atoms with Crippen molar-refractivity contribution in [3.8, 4) is 0 Å². The van der Waals surface area contributed by atoms with Gasteiger partial charge in [0.1, 0.15) is 5.54 Å². The van der Waals surface area contributed by atoms with Crippen LogP contribution in [-0.4, -0.2) is 23.9 Å². The van der Waals surface area contributed by atoms with Gasteiger partial charge in [-0.3, -0.25) is 9.59 Å². The second kappa shape index (κ2) is 9.66. The molecule has 6 heteroatoms. The fourth-order valence-electron chi connectivity index (χ4n) is 3.28. The first-order chi connectivity index (χ1) is 11.5. The first kappa shape index (κ1) is 21.3. The van der Waals surface area contributed by atoms with Gasteiger partial charge >= 0.3 is 0 Å². The predicted molar refractivity (Wildman–Crippen MR) is 104 cm³/mol. The van der Waals surface area contributed by atoms with E-state index in [0.29, 0.717) is 30.6 Å². The Bertz CT molecular complexity index is 598. The summed E-state index contributed by atoms with van der Waals surface area (Å²) in [5.41, 5.74) is 6.98. The molecule has 25 heavy (non-hydrogen) atoms. The van der Waals surface area contributed by atoms with Gasteiger partial charge in [-0.05, 0) is 43.9 Å². The summed E-state index contributed by atoms with van der Waals surface area (Å²) in [6.07, 6.45) is 6.38. The Morgan fingerprint density at radius 3 is 2.52 bits per heavy atom. The van der Waals surface area contributed by atoms with E-state index in [1.165, 1.54) is 0 Å². The first-order valence-corrected chi connectivity index (χ1v) is 8.95. The second-order valence-electron chi connectivity index (χ2n) is 6.78. The van der Waals surface area contributed by atoms with Crippen LogP contribution < -0.4 is 16.4 Å². The standard InChI is InChI=1S/C19H29N3O2.ClH/c1-3-4-12-21-18(24)19(10-6-5-7-11-19)22-17(23)16-13-15(20)9-8-14(16)2;/h8-9,13H,3-7,10-12,20H2,1-2H3,(H,21,24)(H,22,23);1H. The van der Waals surface area contributed by atoms with Crippen LogP contribution >= 0.6 is 12.4 Å². The van der Waals surface area contributed by atoms with Crippen LogP contribution in [-0.2, 0) is 4.79 Å². The van der Waals surface area contributed by atoms with Crippen molar-refractivity contribution in [3.05, 3.63) is 29.3 Å². The van der Waals surface area contributed by atoms with Gasteiger partial charge in [-0.1, -0.05) is 38.7 Å². The van der Waals surface area contributed by atoms with Crippen molar-refractivity contribution in [2.75, 3.05) is 12.3 Å². The van der Waals surface area contributed by atoms with E-state index in [1.807, 2.05) is 13.0 Å². The predicted octanol–water partition coefficient (Wildman–Crippen LogP) is 3.35. The molecule has 0 spiro atoms. The number of rotatable bonds is 6. The minimum absolute atomic E-state index is 0. The molecule has 0 aliphatic heterocycles. The molecule has 0 aromatic heterocycles. The molecule has 0 heterocycles. The molecule has 0 radical (unpaired) electrons. The van der Waals surface area contributed by atoms with Crippen LogP contribution in [0.3, 0.4) is 0 Å². The first-order valence-electron chi connectivity index (χ1n) is 8.95. The number of benzene rings is 1. The lowest BCUT2D eigenvalue weighted by Gasteiger charge is -2.36. The average Bonchev–Trinajstić information content (AvgIpc) is 2.58. The molecule has 1 fully saturated rings. The van der Waals surface area contributed by atoms with E-state index < -0.39 is 5.54 Å². The van der Waals surface area contributed by atoms with Crippen LogP contribution in [0.15, 0.2) is 18.2 Å². The summed E-state index contributed by atoms with van der Waals surface area (Å²) >= 11 is 0. The molecule has 0 bridgehead atoms. The third kappa shape index (κ3) is 5.36. The number of carbonyl (C=O) groups excluding carboxylic acids is 2. The fraction of sp³-hybridized carbons (Fsp3) is 0.579. The van der Waals surface area contributed by atoms with Gasteiger partial charge in [0.15, 0.2) is 0 Å². The van der Waals surface area contributed by atoms with Crippen molar-refractivity contribution >= 4 is 29.9 Å². The summed E-state index contributed by atoms with van der Waals surface area (Å²) in [4.78, 5) is 25.5. The van der Waals surface area contributed by atoms with Crippen molar-refractivity contribution in [1.29, 1.82) is 0 Å². The maximum atomic E-state index is 12.8. The number of unbranched alkanes of at least 4 members (excludes halogenated alkanes) is 1. The number of nitrogens with two attached hydrogens (primary N) is 1. The summed E-state index contributed by atoms with van der Waals surface area (Å²) in [5.74, 6) is -0.266. The van der Waals surface area contributed by atoms with Gasteiger partial charge in [-0.2, -0.15) is 0 Å². The van der Waals surface area contributed by atoms with E-state index in [0.717, 1.165) is 37.7 Å². The largest absolute Gasteiger partial charge is 0.399 e. The quantitative estimate of drug-likeness (QED) is 0.532. The summed E-state index contributed by atoms with van der Waals surface area (Å²) in [7, 11) is 0. The molecule has 1 aliphatic rings. The molecule has 1 aromatic carbocycles. The number of anilines is 1. The number of nitrogens with one attached hydrogen (secondary N) is 2. The molecule has 5 nitrogen and oxygen atoms in total. The van der Waals surface area contributed by atoms with E-state index in [-0.39, 0.29) is 24.2 Å². The molecule has 4 N–H and O–H groups in total. The smallest absolute Gasteiger partial charge is 0.252 e. The lowest BCUT2D eigenvalue weighted by atomic mass is 9.80. The van der Waals surface area contributed by atoms with Gasteiger partial charge < -0.3 is 16.4 Å². The van der Waals surface area contributed by atoms with Crippen molar-refractivity contribution in [2.24, 2.45) is 0 Å². The van der Waals surface area contributed by atoms with Crippen LogP contribution in [0, 0.1) is 6.92 Å². The molecule has 1 aromatic rings. The van der Waals surface area contributed by atoms with Crippen molar-refractivity contribution in [1.82, 2.24) is 10.6 Å². The molecular formula is C19H30ClN3O2. The normalized spacial score (nSPS) is 15.8. The molecule has 2 amide bonds. The van der Waals surface area contributed by atoms with E-state index in [4.69, 9.17) is 5.73 Å². The van der Waals surface area contributed by atoms with Crippen molar-refractivity contribution in [3.63, 3.8) is 0 Å². The molecule has 1 aliphatic carbocycles. The SMILES string of the molecule is CCCCNC(=O)C1(NC(=O)c2cc(N)ccc2C)CCCCC1.Cl. The van der Waals surface area contributed by atoms with Gasteiger partial charge in [-0.15, -0.1) is 12.4 Å². The topological polar surface area (TPSA) is 84.2 Å². The lowest BCUT2D eigenvalue weighted by molar-refractivity contribution is -0.128. The summed E-state index contributed by atoms with van der Waals surface area (Å²) in [6.45, 7) is 4.63. The molecule has 1 saturated carbocycles. The Morgan fingerprint density at radius 2 is 1.88 bits per heavy atom. The minimum Gasteiger partial charge on any atom is -0.399 e. The number of carbonyl (C=O) groups is 2. The lowest BCUT2D eigenvalue weighted by Crippen LogP contribution is -2.59. The number of hydrogen-bond acceptors (Lipinski definition) is 3. The molecule has 2 rings (SSSR count). The van der Waals surface area contributed by atoms with Gasteiger partial charge in [0.2, 0.25) is 5.91 Å². The zero-order chi connectivity index (χ0) is 17.6. The van der Waals surface area contributed by atoms with Crippen LogP contribution in [0.4, 0.5) is 5.69 Å². The Morgan fingerprint density at radius 1 is 1.20 bits per heavy atom. The van der Waals surface area contributed by atoms with Gasteiger partial charge in [-0.25, -0.2) is 0 Å². The zero-order valence-electron chi connectivity index (χ0n) is 15.2. The van der Waals surface area contributed by atoms with Crippen LogP contribution in [0.25, 0.3) is 0 Å². The monoisotopic (exact) mass is 367 g/mol. The summed E-state index contributed by atoms with van der Waals surface area (Å²) < 4.78 is 0. The zero-order valence-corrected chi connectivity index (χ0v) is 16.0. The van der Waals surface area contributed by atoms with E-state index in [9.17, 15) is 9.59 Å². The third-order valence-electron chi connectivity index (χ3n) is 4.82. The second-order valence-corrected chi connectivity index (χ2v) is 6.78. The maximum Gasteiger partial charge on any atom is 0.252 e. The van der Waals surface area contributed by atoms with Crippen LogP contribution in [0.2, 0.25) is 0 Å². The van der Waals surface area contributed by atoms with Crippen LogP contribution in [0.5, 0.6) is 0 Å². The van der Waals surface area contributed by atoms with Gasteiger partial charge in [0.05, 0.1) is 0 Å². The molecule has 0 saturated heterocycles. The number of aryl methyl sites for hydroxylation is 1. The highest BCUT2D eigenvalue weighted by Gasteiger charge is 2.40. The number of halogens is 1. The Hall–Kier alpha value is -1.75. The highest BCUT2D eigenvalue weighted by Crippen LogP contribution is 2.29. The molecular weight excluding hydrogens is 338 g/mol. The van der Waals surface area contributed by atoms with Gasteiger partial charge in [0, 0.05) is 17.8 Å². The maximum absolute atomic E-state index is 12.8. The Labute approximate surface area is 156 Å². The van der Waals surface area contributed by atoms with Gasteiger partial charge in [0.25, 0.3) is 5.91 Å². The van der Waals surface area contributed by atoms with Crippen molar-refractivity contribution in [2.45, 2.75) is 64.3 Å². The molecule has 140 valence electrons. The van der Waals surface area contributed by atoms with E-state index in [2.05, 4.69) is 17.6 Å². The number of amides is 2. The highest BCUT2D eigenvalue weighted by molar-refractivity contribution is 6.00. The van der Waals surface area contributed by atoms with Crippen molar-refractivity contribution < 1.29 is 9.59 Å². The third-order valence-corrected chi connectivity index (χ3v) is 4.82. The minimum atomic E-state index is -0.792. The average molecular weight is 368 g/mol. The Kier molecular flexibility index (Phi) is 8.23. The fourth-order valence-corrected chi connectivity index (χ4v) is 3.28. The number of hydrogen-bond donors (Lipinski definition) is 3. The molecule has 0 atom stereocenters. The van der Waals surface area contributed by atoms with E-state index in [1.54, 1.807) is 12.1 Å².